The molecule has 1 N–H and O–H groups in total. The third-order valence-corrected chi connectivity index (χ3v) is 4.92. The van der Waals surface area contributed by atoms with E-state index in [2.05, 4.69) is 48.2 Å². The summed E-state index contributed by atoms with van der Waals surface area (Å²) < 4.78 is 1.72. The first-order chi connectivity index (χ1) is 13.9. The van der Waals surface area contributed by atoms with E-state index in [9.17, 15) is 4.79 Å². The maximum absolute atomic E-state index is 13.3. The Balaban J connectivity index is 1.80. The number of rotatable bonds is 4. The number of hydrogen-bond acceptors (Lipinski definition) is 4. The number of anilines is 2. The summed E-state index contributed by atoms with van der Waals surface area (Å²) in [4.78, 5) is 22.1. The normalized spacial score (nSPS) is 11.6. The van der Waals surface area contributed by atoms with Crippen LogP contribution in [0, 0.1) is 0 Å². The molecule has 0 aliphatic heterocycles. The molecular formula is C24H24N4O. The van der Waals surface area contributed by atoms with E-state index >= 15 is 0 Å². The topological polar surface area (TPSA) is 59.8 Å². The molecule has 0 aliphatic rings. The maximum Gasteiger partial charge on any atom is 0.294 e. The van der Waals surface area contributed by atoms with Crippen molar-refractivity contribution in [3.63, 3.8) is 0 Å². The van der Waals surface area contributed by atoms with E-state index in [-0.39, 0.29) is 11.0 Å². The molecule has 0 aliphatic carbocycles. The Hall–Kier alpha value is -3.47. The minimum absolute atomic E-state index is 0.0215. The molecule has 0 unspecified atom stereocenters. The smallest absolute Gasteiger partial charge is 0.294 e. The van der Waals surface area contributed by atoms with Crippen molar-refractivity contribution >= 4 is 22.5 Å². The summed E-state index contributed by atoms with van der Waals surface area (Å²) in [5, 5.41) is 3.24. The molecule has 0 saturated heterocycles. The van der Waals surface area contributed by atoms with Gasteiger partial charge in [0.2, 0.25) is 0 Å². The lowest BCUT2D eigenvalue weighted by molar-refractivity contribution is 0.590. The SMILES string of the molecule is CC(C)(C)c1cccc(Nc2nc3ccncc3n(Cc3ccccc3)c2=O)c1. The first-order valence-corrected chi connectivity index (χ1v) is 9.68. The van der Waals surface area contributed by atoms with E-state index in [4.69, 9.17) is 0 Å². The second kappa shape index (κ2) is 7.51. The lowest BCUT2D eigenvalue weighted by Gasteiger charge is -2.20. The third-order valence-electron chi connectivity index (χ3n) is 4.92. The zero-order chi connectivity index (χ0) is 20.4. The maximum atomic E-state index is 13.3. The fraction of sp³-hybridized carbons (Fsp3) is 0.208. The fourth-order valence-corrected chi connectivity index (χ4v) is 3.29. The van der Waals surface area contributed by atoms with Crippen molar-refractivity contribution in [1.82, 2.24) is 14.5 Å². The van der Waals surface area contributed by atoms with Crippen LogP contribution in [0.1, 0.15) is 31.9 Å². The van der Waals surface area contributed by atoms with E-state index in [1.165, 1.54) is 5.56 Å². The summed E-state index contributed by atoms with van der Waals surface area (Å²) in [6.07, 6.45) is 3.38. The van der Waals surface area contributed by atoms with Crippen LogP contribution >= 0.6 is 0 Å². The number of aromatic nitrogens is 3. The number of fused-ring (bicyclic) bond motifs is 1. The molecule has 0 bridgehead atoms. The molecule has 29 heavy (non-hydrogen) atoms. The molecule has 5 nitrogen and oxygen atoms in total. The largest absolute Gasteiger partial charge is 0.336 e. The molecule has 0 atom stereocenters. The molecule has 0 fully saturated rings. The molecule has 0 saturated carbocycles. The van der Waals surface area contributed by atoms with Crippen LogP contribution in [0.5, 0.6) is 0 Å². The number of nitrogens with one attached hydrogen (secondary N) is 1. The van der Waals surface area contributed by atoms with Crippen molar-refractivity contribution in [3.05, 3.63) is 94.5 Å². The van der Waals surface area contributed by atoms with Gasteiger partial charge in [-0.3, -0.25) is 14.3 Å². The zero-order valence-corrected chi connectivity index (χ0v) is 16.9. The predicted octanol–water partition coefficient (Wildman–Crippen LogP) is 4.88. The van der Waals surface area contributed by atoms with Gasteiger partial charge in [0.25, 0.3) is 5.56 Å². The Labute approximate surface area is 170 Å². The van der Waals surface area contributed by atoms with E-state index in [1.807, 2.05) is 48.5 Å². The first-order valence-electron chi connectivity index (χ1n) is 9.68. The standard InChI is InChI=1S/C24H24N4O/c1-24(2,3)18-10-7-11-19(14-18)26-22-23(29)28(16-17-8-5-4-6-9-17)21-15-25-13-12-20(21)27-22/h4-15H,16H2,1-3H3,(H,26,27). The van der Waals surface area contributed by atoms with Crippen molar-refractivity contribution in [3.8, 4) is 0 Å². The van der Waals surface area contributed by atoms with Crippen molar-refractivity contribution < 1.29 is 0 Å². The molecular weight excluding hydrogens is 360 g/mol. The van der Waals surface area contributed by atoms with Crippen LogP contribution in [-0.4, -0.2) is 14.5 Å². The average molecular weight is 384 g/mol. The summed E-state index contributed by atoms with van der Waals surface area (Å²) in [7, 11) is 0. The van der Waals surface area contributed by atoms with Crippen molar-refractivity contribution in [1.29, 1.82) is 0 Å². The summed E-state index contributed by atoms with van der Waals surface area (Å²) in [5.41, 5.74) is 4.38. The van der Waals surface area contributed by atoms with E-state index in [0.717, 1.165) is 22.3 Å². The van der Waals surface area contributed by atoms with Crippen molar-refractivity contribution in [2.75, 3.05) is 5.32 Å². The van der Waals surface area contributed by atoms with Gasteiger partial charge in [-0.05, 0) is 34.7 Å². The van der Waals surface area contributed by atoms with Gasteiger partial charge in [-0.1, -0.05) is 63.2 Å². The van der Waals surface area contributed by atoms with Gasteiger partial charge in [-0.25, -0.2) is 4.98 Å². The van der Waals surface area contributed by atoms with Gasteiger partial charge in [0, 0.05) is 11.9 Å². The lowest BCUT2D eigenvalue weighted by Crippen LogP contribution is -2.25. The van der Waals surface area contributed by atoms with Crippen LogP contribution in [-0.2, 0) is 12.0 Å². The van der Waals surface area contributed by atoms with Gasteiger partial charge in [0.15, 0.2) is 5.82 Å². The monoisotopic (exact) mass is 384 g/mol. The highest BCUT2D eigenvalue weighted by Crippen LogP contribution is 2.25. The number of pyridine rings is 1. The third kappa shape index (κ3) is 4.04. The van der Waals surface area contributed by atoms with Crippen LogP contribution in [0.4, 0.5) is 11.5 Å². The predicted molar refractivity (Wildman–Crippen MR) is 118 cm³/mol. The summed E-state index contributed by atoms with van der Waals surface area (Å²) in [6.45, 7) is 6.96. The zero-order valence-electron chi connectivity index (χ0n) is 16.9. The number of nitrogens with zero attached hydrogens (tertiary/aromatic N) is 3. The summed E-state index contributed by atoms with van der Waals surface area (Å²) in [6, 6.07) is 19.9. The van der Waals surface area contributed by atoms with E-state index in [0.29, 0.717) is 12.4 Å². The molecule has 2 heterocycles. The van der Waals surface area contributed by atoms with E-state index < -0.39 is 0 Å². The van der Waals surface area contributed by atoms with Crippen LogP contribution in [0.15, 0.2) is 77.9 Å². The molecule has 0 spiro atoms. The Morgan fingerprint density at radius 3 is 2.55 bits per heavy atom. The van der Waals surface area contributed by atoms with Crippen LogP contribution in [0.2, 0.25) is 0 Å². The minimum atomic E-state index is -0.171. The van der Waals surface area contributed by atoms with Gasteiger partial charge >= 0.3 is 0 Å². The Morgan fingerprint density at radius 2 is 1.79 bits per heavy atom. The van der Waals surface area contributed by atoms with Gasteiger partial charge < -0.3 is 5.32 Å². The number of hydrogen-bond donors (Lipinski definition) is 1. The van der Waals surface area contributed by atoms with Crippen LogP contribution in [0.3, 0.4) is 0 Å². The molecule has 4 rings (SSSR count). The van der Waals surface area contributed by atoms with Crippen molar-refractivity contribution in [2.45, 2.75) is 32.7 Å². The van der Waals surface area contributed by atoms with Gasteiger partial charge in [-0.15, -0.1) is 0 Å². The Kier molecular flexibility index (Phi) is 4.89. The molecule has 4 aromatic rings. The molecule has 146 valence electrons. The highest BCUT2D eigenvalue weighted by Gasteiger charge is 2.15. The highest BCUT2D eigenvalue weighted by atomic mass is 16.1. The second-order valence-corrected chi connectivity index (χ2v) is 8.16. The van der Waals surface area contributed by atoms with Gasteiger partial charge in [-0.2, -0.15) is 0 Å². The van der Waals surface area contributed by atoms with Crippen LogP contribution in [0.25, 0.3) is 11.0 Å². The lowest BCUT2D eigenvalue weighted by atomic mass is 9.87. The molecule has 0 radical (unpaired) electrons. The summed E-state index contributed by atoms with van der Waals surface area (Å²) in [5.74, 6) is 0.311. The Morgan fingerprint density at radius 1 is 1.00 bits per heavy atom. The second-order valence-electron chi connectivity index (χ2n) is 8.16. The minimum Gasteiger partial charge on any atom is -0.336 e. The molecule has 5 heteroatoms. The summed E-state index contributed by atoms with van der Waals surface area (Å²) >= 11 is 0. The fourth-order valence-electron chi connectivity index (χ4n) is 3.29. The average Bonchev–Trinajstić information content (AvgIpc) is 2.71. The molecule has 0 amide bonds. The quantitative estimate of drug-likeness (QED) is 0.545. The highest BCUT2D eigenvalue weighted by molar-refractivity contribution is 5.76. The van der Waals surface area contributed by atoms with Crippen LogP contribution < -0.4 is 10.9 Å². The molecule has 2 aromatic heterocycles. The first kappa shape index (κ1) is 18.9. The molecule has 2 aromatic carbocycles. The number of benzene rings is 2. The van der Waals surface area contributed by atoms with Crippen molar-refractivity contribution in [2.24, 2.45) is 0 Å². The Bertz CT molecular complexity index is 1210. The van der Waals surface area contributed by atoms with Gasteiger partial charge in [0.05, 0.1) is 23.8 Å². The van der Waals surface area contributed by atoms with E-state index in [1.54, 1.807) is 17.0 Å². The van der Waals surface area contributed by atoms with Gasteiger partial charge in [0.1, 0.15) is 0 Å².